The number of rotatable bonds is 6. The van der Waals surface area contributed by atoms with Crippen LogP contribution < -0.4 is 10.6 Å². The van der Waals surface area contributed by atoms with Crippen molar-refractivity contribution in [2.75, 3.05) is 44.9 Å². The second-order valence-electron chi connectivity index (χ2n) is 4.80. The third kappa shape index (κ3) is 4.27. The van der Waals surface area contributed by atoms with E-state index < -0.39 is 0 Å². The van der Waals surface area contributed by atoms with Crippen LogP contribution >= 0.6 is 0 Å². The standard InChI is InChI=1S/C14H22N4/c1-17(2)9-4-10-18(3)13-5-6-14(16)12(11-13)7-8-15/h5-6,11H,4,7,9-10,16H2,1-3H3. The second kappa shape index (κ2) is 6.87. The van der Waals surface area contributed by atoms with Crippen molar-refractivity contribution in [2.24, 2.45) is 0 Å². The number of hydrogen-bond donors (Lipinski definition) is 1. The molecule has 0 radical (unpaired) electrons. The van der Waals surface area contributed by atoms with Crippen molar-refractivity contribution in [1.82, 2.24) is 4.90 Å². The SMILES string of the molecule is CN(C)CCCN(C)c1ccc(N)c(CC#N)c1. The Hall–Kier alpha value is -1.73. The van der Waals surface area contributed by atoms with E-state index in [2.05, 4.69) is 37.0 Å². The molecule has 0 atom stereocenters. The first-order chi connectivity index (χ1) is 8.54. The van der Waals surface area contributed by atoms with Gasteiger partial charge in [-0.15, -0.1) is 0 Å². The highest BCUT2D eigenvalue weighted by atomic mass is 15.1. The first kappa shape index (κ1) is 14.3. The highest BCUT2D eigenvalue weighted by molar-refractivity contribution is 5.58. The summed E-state index contributed by atoms with van der Waals surface area (Å²) in [5.41, 5.74) is 8.57. The minimum atomic E-state index is 0.366. The van der Waals surface area contributed by atoms with Crippen molar-refractivity contribution in [1.29, 1.82) is 5.26 Å². The van der Waals surface area contributed by atoms with Crippen LogP contribution in [-0.2, 0) is 6.42 Å². The van der Waals surface area contributed by atoms with E-state index >= 15 is 0 Å². The molecule has 0 saturated carbocycles. The van der Waals surface area contributed by atoms with Crippen LogP contribution in [0.2, 0.25) is 0 Å². The number of anilines is 2. The Balaban J connectivity index is 2.65. The van der Waals surface area contributed by atoms with Crippen LogP contribution in [0.3, 0.4) is 0 Å². The summed E-state index contributed by atoms with van der Waals surface area (Å²) in [5, 5.41) is 8.75. The lowest BCUT2D eigenvalue weighted by atomic mass is 10.1. The average Bonchev–Trinajstić information content (AvgIpc) is 2.31. The summed E-state index contributed by atoms with van der Waals surface area (Å²) in [6, 6.07) is 8.04. The molecule has 0 fully saturated rings. The highest BCUT2D eigenvalue weighted by Gasteiger charge is 2.05. The van der Waals surface area contributed by atoms with E-state index in [1.165, 1.54) is 0 Å². The number of nitrogens with two attached hydrogens (primary N) is 1. The quantitative estimate of drug-likeness (QED) is 0.777. The molecule has 1 aromatic rings. The lowest BCUT2D eigenvalue weighted by Crippen LogP contribution is -2.23. The third-order valence-corrected chi connectivity index (χ3v) is 2.94. The second-order valence-corrected chi connectivity index (χ2v) is 4.80. The van der Waals surface area contributed by atoms with Gasteiger partial charge in [-0.3, -0.25) is 0 Å². The molecule has 0 heterocycles. The minimum absolute atomic E-state index is 0.366. The van der Waals surface area contributed by atoms with Gasteiger partial charge in [0.05, 0.1) is 12.5 Å². The Bertz CT molecular complexity index is 420. The maximum absolute atomic E-state index is 8.75. The molecule has 0 saturated heterocycles. The van der Waals surface area contributed by atoms with E-state index in [0.29, 0.717) is 12.1 Å². The summed E-state index contributed by atoms with van der Waals surface area (Å²) in [7, 11) is 6.22. The molecule has 0 aliphatic carbocycles. The predicted octanol–water partition coefficient (Wildman–Crippen LogP) is 1.72. The fourth-order valence-electron chi connectivity index (χ4n) is 1.82. The predicted molar refractivity (Wildman–Crippen MR) is 76.6 cm³/mol. The van der Waals surface area contributed by atoms with E-state index in [0.717, 1.165) is 30.8 Å². The molecule has 0 spiro atoms. The monoisotopic (exact) mass is 246 g/mol. The van der Waals surface area contributed by atoms with Crippen molar-refractivity contribution in [2.45, 2.75) is 12.8 Å². The van der Waals surface area contributed by atoms with E-state index in [-0.39, 0.29) is 0 Å². The molecule has 1 aromatic carbocycles. The Labute approximate surface area is 110 Å². The van der Waals surface area contributed by atoms with Gasteiger partial charge in [0.2, 0.25) is 0 Å². The molecule has 98 valence electrons. The molecule has 18 heavy (non-hydrogen) atoms. The van der Waals surface area contributed by atoms with Gasteiger partial charge in [0.15, 0.2) is 0 Å². The van der Waals surface area contributed by atoms with Crippen LogP contribution in [0.5, 0.6) is 0 Å². The summed E-state index contributed by atoms with van der Waals surface area (Å²) in [6.45, 7) is 2.07. The van der Waals surface area contributed by atoms with E-state index in [1.54, 1.807) is 0 Å². The zero-order valence-electron chi connectivity index (χ0n) is 11.5. The summed E-state index contributed by atoms with van der Waals surface area (Å²) in [4.78, 5) is 4.38. The Morgan fingerprint density at radius 3 is 2.56 bits per heavy atom. The number of nitriles is 1. The molecule has 0 amide bonds. The fraction of sp³-hybridized carbons (Fsp3) is 0.500. The lowest BCUT2D eigenvalue weighted by Gasteiger charge is -2.21. The Kier molecular flexibility index (Phi) is 5.47. The van der Waals surface area contributed by atoms with Crippen molar-refractivity contribution in [3.05, 3.63) is 23.8 Å². The van der Waals surface area contributed by atoms with Gasteiger partial charge in [-0.05, 0) is 50.8 Å². The van der Waals surface area contributed by atoms with E-state index in [9.17, 15) is 0 Å². The maximum Gasteiger partial charge on any atom is 0.0670 e. The minimum Gasteiger partial charge on any atom is -0.398 e. The van der Waals surface area contributed by atoms with Crippen LogP contribution in [-0.4, -0.2) is 39.1 Å². The third-order valence-electron chi connectivity index (χ3n) is 2.94. The lowest BCUT2D eigenvalue weighted by molar-refractivity contribution is 0.401. The average molecular weight is 246 g/mol. The summed E-state index contributed by atoms with van der Waals surface area (Å²) in [6.07, 6.45) is 1.48. The van der Waals surface area contributed by atoms with Gasteiger partial charge >= 0.3 is 0 Å². The van der Waals surface area contributed by atoms with Crippen LogP contribution in [0.4, 0.5) is 11.4 Å². The van der Waals surface area contributed by atoms with Crippen molar-refractivity contribution in [3.63, 3.8) is 0 Å². The maximum atomic E-state index is 8.75. The molecule has 4 nitrogen and oxygen atoms in total. The number of nitrogen functional groups attached to an aromatic ring is 1. The normalized spacial score (nSPS) is 10.4. The molecule has 0 aromatic heterocycles. The Morgan fingerprint density at radius 2 is 1.94 bits per heavy atom. The van der Waals surface area contributed by atoms with Crippen LogP contribution in [0, 0.1) is 11.3 Å². The van der Waals surface area contributed by atoms with Gasteiger partial charge in [0.1, 0.15) is 0 Å². The molecule has 0 unspecified atom stereocenters. The molecule has 4 heteroatoms. The van der Waals surface area contributed by atoms with Crippen molar-refractivity contribution in [3.8, 4) is 6.07 Å². The van der Waals surface area contributed by atoms with Gasteiger partial charge in [-0.2, -0.15) is 5.26 Å². The van der Waals surface area contributed by atoms with Gasteiger partial charge < -0.3 is 15.5 Å². The topological polar surface area (TPSA) is 56.3 Å². The molecular formula is C14H22N4. The van der Waals surface area contributed by atoms with E-state index in [4.69, 9.17) is 11.0 Å². The van der Waals surface area contributed by atoms with Crippen LogP contribution in [0.15, 0.2) is 18.2 Å². The molecule has 0 aliphatic rings. The number of benzene rings is 1. The molecule has 0 aliphatic heterocycles. The van der Waals surface area contributed by atoms with Crippen molar-refractivity contribution < 1.29 is 0 Å². The number of hydrogen-bond acceptors (Lipinski definition) is 4. The largest absolute Gasteiger partial charge is 0.398 e. The summed E-state index contributed by atoms with van der Waals surface area (Å²) >= 11 is 0. The van der Waals surface area contributed by atoms with Crippen molar-refractivity contribution >= 4 is 11.4 Å². The summed E-state index contributed by atoms with van der Waals surface area (Å²) in [5.74, 6) is 0. The number of nitrogens with zero attached hydrogens (tertiary/aromatic N) is 3. The van der Waals surface area contributed by atoms with Gasteiger partial charge in [-0.25, -0.2) is 0 Å². The smallest absolute Gasteiger partial charge is 0.0670 e. The first-order valence-corrected chi connectivity index (χ1v) is 6.16. The molecular weight excluding hydrogens is 224 g/mol. The Morgan fingerprint density at radius 1 is 1.22 bits per heavy atom. The molecule has 0 bridgehead atoms. The molecule has 1 rings (SSSR count). The summed E-state index contributed by atoms with van der Waals surface area (Å²) < 4.78 is 0. The van der Waals surface area contributed by atoms with E-state index in [1.807, 2.05) is 18.2 Å². The van der Waals surface area contributed by atoms with Gasteiger partial charge in [0, 0.05) is 25.0 Å². The molecule has 2 N–H and O–H groups in total. The zero-order valence-corrected chi connectivity index (χ0v) is 11.5. The van der Waals surface area contributed by atoms with Crippen LogP contribution in [0.1, 0.15) is 12.0 Å². The highest BCUT2D eigenvalue weighted by Crippen LogP contribution is 2.21. The van der Waals surface area contributed by atoms with Gasteiger partial charge in [0.25, 0.3) is 0 Å². The van der Waals surface area contributed by atoms with Crippen LogP contribution in [0.25, 0.3) is 0 Å². The zero-order chi connectivity index (χ0) is 13.5. The fourth-order valence-corrected chi connectivity index (χ4v) is 1.82. The first-order valence-electron chi connectivity index (χ1n) is 6.16. The van der Waals surface area contributed by atoms with Gasteiger partial charge in [-0.1, -0.05) is 0 Å².